The van der Waals surface area contributed by atoms with E-state index >= 15 is 0 Å². The fourth-order valence-electron chi connectivity index (χ4n) is 2.59. The van der Waals surface area contributed by atoms with E-state index in [0.29, 0.717) is 18.2 Å². The molecule has 0 spiro atoms. The molecule has 2 aromatic heterocycles. The number of benzene rings is 1. The summed E-state index contributed by atoms with van der Waals surface area (Å²) in [5.41, 5.74) is 2.89. The average Bonchev–Trinajstić information content (AvgIpc) is 3.26. The number of anilines is 1. The zero-order valence-corrected chi connectivity index (χ0v) is 15.7. The monoisotopic (exact) mass is 377 g/mol. The van der Waals surface area contributed by atoms with Gasteiger partial charge in [0.25, 0.3) is 0 Å². The molecule has 0 aliphatic carbocycles. The van der Waals surface area contributed by atoms with Crippen LogP contribution in [0.2, 0.25) is 0 Å². The van der Waals surface area contributed by atoms with Gasteiger partial charge < -0.3 is 16.0 Å². The molecule has 0 saturated carbocycles. The standard InChI is InChI=1S/C20H23N7O/c1-21-20(24-15-19(28)26-17-4-2-10-22-14-17)23-12-9-16-5-7-18(8-6-16)27-13-3-11-25-27/h2-8,10-11,13-14H,9,12,15H2,1H3,(H,26,28)(H2,21,23,24). The van der Waals surface area contributed by atoms with Crippen molar-refractivity contribution >= 4 is 17.6 Å². The molecule has 0 fully saturated rings. The quantitative estimate of drug-likeness (QED) is 0.429. The second kappa shape index (κ2) is 9.86. The second-order valence-corrected chi connectivity index (χ2v) is 6.01. The molecule has 28 heavy (non-hydrogen) atoms. The van der Waals surface area contributed by atoms with E-state index in [1.54, 1.807) is 37.8 Å². The highest BCUT2D eigenvalue weighted by Crippen LogP contribution is 2.08. The van der Waals surface area contributed by atoms with E-state index in [-0.39, 0.29) is 12.5 Å². The maximum absolute atomic E-state index is 12.0. The number of nitrogens with zero attached hydrogens (tertiary/aromatic N) is 4. The molecule has 0 unspecified atom stereocenters. The number of carbonyl (C=O) groups excluding carboxylic acids is 1. The number of pyridine rings is 1. The molecule has 3 rings (SSSR count). The smallest absolute Gasteiger partial charge is 0.243 e. The molecule has 3 N–H and O–H groups in total. The van der Waals surface area contributed by atoms with Gasteiger partial charge >= 0.3 is 0 Å². The molecule has 0 saturated heterocycles. The van der Waals surface area contributed by atoms with Crippen molar-refractivity contribution in [2.45, 2.75) is 6.42 Å². The highest BCUT2D eigenvalue weighted by Gasteiger charge is 2.04. The predicted octanol–water partition coefficient (Wildman–Crippen LogP) is 1.61. The lowest BCUT2D eigenvalue weighted by molar-refractivity contribution is -0.115. The van der Waals surface area contributed by atoms with Gasteiger partial charge in [0.15, 0.2) is 5.96 Å². The van der Waals surface area contributed by atoms with Crippen LogP contribution < -0.4 is 16.0 Å². The Bertz CT molecular complexity index is 890. The molecule has 0 radical (unpaired) electrons. The highest BCUT2D eigenvalue weighted by molar-refractivity contribution is 5.94. The normalized spacial score (nSPS) is 11.1. The average molecular weight is 377 g/mol. The Balaban J connectivity index is 1.40. The van der Waals surface area contributed by atoms with Crippen molar-refractivity contribution in [2.24, 2.45) is 4.99 Å². The van der Waals surface area contributed by atoms with Gasteiger partial charge in [-0.05, 0) is 42.3 Å². The van der Waals surface area contributed by atoms with E-state index in [1.165, 1.54) is 5.56 Å². The molecule has 8 nitrogen and oxygen atoms in total. The molecule has 3 aromatic rings. The number of rotatable bonds is 7. The lowest BCUT2D eigenvalue weighted by Crippen LogP contribution is -2.42. The molecule has 8 heteroatoms. The number of aromatic nitrogens is 3. The second-order valence-electron chi connectivity index (χ2n) is 6.01. The minimum absolute atomic E-state index is 0.118. The zero-order valence-electron chi connectivity index (χ0n) is 15.7. The van der Waals surface area contributed by atoms with Gasteiger partial charge in [-0.3, -0.25) is 14.8 Å². The summed E-state index contributed by atoms with van der Waals surface area (Å²) >= 11 is 0. The van der Waals surface area contributed by atoms with Crippen molar-refractivity contribution in [3.05, 3.63) is 72.8 Å². The van der Waals surface area contributed by atoms with E-state index in [0.717, 1.165) is 12.1 Å². The van der Waals surface area contributed by atoms with E-state index in [2.05, 4.69) is 43.2 Å². The molecule has 0 bridgehead atoms. The summed E-state index contributed by atoms with van der Waals surface area (Å²) in [7, 11) is 1.67. The van der Waals surface area contributed by atoms with Crippen molar-refractivity contribution in [1.82, 2.24) is 25.4 Å². The van der Waals surface area contributed by atoms with Gasteiger partial charge in [-0.2, -0.15) is 5.10 Å². The molecular formula is C20H23N7O. The SMILES string of the molecule is CN=C(NCCc1ccc(-n2cccn2)cc1)NCC(=O)Nc1cccnc1. The summed E-state index contributed by atoms with van der Waals surface area (Å²) in [4.78, 5) is 20.1. The molecule has 0 atom stereocenters. The topological polar surface area (TPSA) is 96.2 Å². The molecule has 1 amide bonds. The van der Waals surface area contributed by atoms with E-state index in [4.69, 9.17) is 0 Å². The third-order valence-electron chi connectivity index (χ3n) is 4.00. The van der Waals surface area contributed by atoms with Gasteiger partial charge in [-0.15, -0.1) is 0 Å². The Morgan fingerprint density at radius 2 is 1.96 bits per heavy atom. The minimum atomic E-state index is -0.162. The molecule has 0 aliphatic heterocycles. The Kier molecular flexibility index (Phi) is 6.73. The van der Waals surface area contributed by atoms with Crippen LogP contribution in [0.1, 0.15) is 5.56 Å². The van der Waals surface area contributed by atoms with Crippen LogP contribution in [0.5, 0.6) is 0 Å². The zero-order chi connectivity index (χ0) is 19.6. The maximum atomic E-state index is 12.0. The van der Waals surface area contributed by atoms with Crippen molar-refractivity contribution in [3.8, 4) is 5.69 Å². The molecular weight excluding hydrogens is 354 g/mol. The van der Waals surface area contributed by atoms with Crippen LogP contribution in [0.25, 0.3) is 5.69 Å². The van der Waals surface area contributed by atoms with Crippen LogP contribution >= 0.6 is 0 Å². The molecule has 2 heterocycles. The van der Waals surface area contributed by atoms with Crippen LogP contribution in [0, 0.1) is 0 Å². The fraction of sp³-hybridized carbons (Fsp3) is 0.200. The van der Waals surface area contributed by atoms with Gasteiger partial charge in [0.1, 0.15) is 0 Å². The first-order chi connectivity index (χ1) is 13.7. The first-order valence-corrected chi connectivity index (χ1v) is 8.98. The molecule has 0 aliphatic rings. The maximum Gasteiger partial charge on any atom is 0.243 e. The number of guanidine groups is 1. The lowest BCUT2D eigenvalue weighted by Gasteiger charge is -2.12. The summed E-state index contributed by atoms with van der Waals surface area (Å²) in [5, 5.41) is 13.2. The summed E-state index contributed by atoms with van der Waals surface area (Å²) in [6.07, 6.45) is 7.76. The Hall–Kier alpha value is -3.68. The van der Waals surface area contributed by atoms with E-state index in [9.17, 15) is 4.79 Å². The van der Waals surface area contributed by atoms with Crippen LogP contribution in [0.3, 0.4) is 0 Å². The Morgan fingerprint density at radius 3 is 2.64 bits per heavy atom. The van der Waals surface area contributed by atoms with Crippen LogP contribution in [0.15, 0.2) is 72.2 Å². The first kappa shape index (κ1) is 19.1. The number of aliphatic imine (C=N–C) groups is 1. The highest BCUT2D eigenvalue weighted by atomic mass is 16.1. The van der Waals surface area contributed by atoms with Crippen LogP contribution in [0.4, 0.5) is 5.69 Å². The predicted molar refractivity (Wildman–Crippen MR) is 109 cm³/mol. The summed E-state index contributed by atoms with van der Waals surface area (Å²) in [5.74, 6) is 0.416. The Morgan fingerprint density at radius 1 is 1.11 bits per heavy atom. The van der Waals surface area contributed by atoms with Crippen LogP contribution in [-0.2, 0) is 11.2 Å². The van der Waals surface area contributed by atoms with Crippen molar-refractivity contribution in [3.63, 3.8) is 0 Å². The van der Waals surface area contributed by atoms with Gasteiger partial charge in [-0.25, -0.2) is 4.68 Å². The van der Waals surface area contributed by atoms with Crippen molar-refractivity contribution in [2.75, 3.05) is 25.5 Å². The first-order valence-electron chi connectivity index (χ1n) is 8.98. The number of hydrogen-bond acceptors (Lipinski definition) is 4. The van der Waals surface area contributed by atoms with Crippen LogP contribution in [-0.4, -0.2) is 46.8 Å². The van der Waals surface area contributed by atoms with Crippen molar-refractivity contribution in [1.29, 1.82) is 0 Å². The largest absolute Gasteiger partial charge is 0.356 e. The number of nitrogens with one attached hydrogen (secondary N) is 3. The Labute approximate surface area is 163 Å². The third-order valence-corrected chi connectivity index (χ3v) is 4.00. The van der Waals surface area contributed by atoms with Gasteiger partial charge in [0.05, 0.1) is 24.1 Å². The summed E-state index contributed by atoms with van der Waals surface area (Å²) in [6.45, 7) is 0.818. The van der Waals surface area contributed by atoms with E-state index in [1.807, 2.05) is 29.1 Å². The number of amides is 1. The van der Waals surface area contributed by atoms with Gasteiger partial charge in [0.2, 0.25) is 5.91 Å². The number of carbonyl (C=O) groups is 1. The van der Waals surface area contributed by atoms with Gasteiger partial charge in [0, 0.05) is 32.2 Å². The van der Waals surface area contributed by atoms with Crippen molar-refractivity contribution < 1.29 is 4.79 Å². The molecule has 144 valence electrons. The fourth-order valence-corrected chi connectivity index (χ4v) is 2.59. The number of hydrogen-bond donors (Lipinski definition) is 3. The van der Waals surface area contributed by atoms with E-state index < -0.39 is 0 Å². The molecule has 1 aromatic carbocycles. The summed E-state index contributed by atoms with van der Waals surface area (Å²) < 4.78 is 1.82. The third kappa shape index (κ3) is 5.66. The lowest BCUT2D eigenvalue weighted by atomic mass is 10.1. The summed E-state index contributed by atoms with van der Waals surface area (Å²) in [6, 6.07) is 13.7. The minimum Gasteiger partial charge on any atom is -0.356 e. The van der Waals surface area contributed by atoms with Gasteiger partial charge in [-0.1, -0.05) is 12.1 Å².